The van der Waals surface area contributed by atoms with Crippen LogP contribution in [0.15, 0.2) is 24.3 Å². The summed E-state index contributed by atoms with van der Waals surface area (Å²) in [6.45, 7) is 1.42. The second-order valence-corrected chi connectivity index (χ2v) is 4.50. The van der Waals surface area contributed by atoms with Crippen LogP contribution in [-0.4, -0.2) is 46.1 Å². The molecule has 102 valence electrons. The summed E-state index contributed by atoms with van der Waals surface area (Å²) in [5.74, 6) is -1.13. The van der Waals surface area contributed by atoms with Gasteiger partial charge < -0.3 is 15.5 Å². The van der Waals surface area contributed by atoms with Crippen molar-refractivity contribution in [3.63, 3.8) is 0 Å². The first-order chi connectivity index (χ1) is 9.08. The number of carbonyl (C=O) groups excluding carboxylic acids is 1. The highest BCUT2D eigenvalue weighted by molar-refractivity contribution is 5.86. The third kappa shape index (κ3) is 3.23. The molecule has 1 aromatic rings. The molecule has 1 aliphatic rings. The van der Waals surface area contributed by atoms with Crippen molar-refractivity contribution in [3.8, 4) is 5.75 Å². The van der Waals surface area contributed by atoms with Crippen molar-refractivity contribution in [2.45, 2.75) is 19.0 Å². The number of phenolic OH excluding ortho intramolecular Hbond substituents is 1. The Balaban J connectivity index is 2.14. The summed E-state index contributed by atoms with van der Waals surface area (Å²) in [7, 11) is 0. The zero-order valence-corrected chi connectivity index (χ0v) is 10.4. The maximum atomic E-state index is 11.7. The number of carbonyl (C=O) groups is 2. The van der Waals surface area contributed by atoms with Crippen molar-refractivity contribution < 1.29 is 19.8 Å². The van der Waals surface area contributed by atoms with Crippen LogP contribution in [0.1, 0.15) is 12.0 Å². The lowest BCUT2D eigenvalue weighted by atomic mass is 10.1. The predicted octanol–water partition coefficient (Wildman–Crippen LogP) is 0.167. The molecule has 1 unspecified atom stereocenters. The molecular formula is C13H16N2O4. The smallest absolute Gasteiger partial charge is 0.305 e. The standard InChI is InChI=1S/C13H16N2O4/c16-11-4-2-1-3-9(11)8-15-6-5-14-13(19)10(15)7-12(17)18/h1-4,10,16H,5-8H2,(H,14,19)(H,17,18). The Labute approximate surface area is 110 Å². The van der Waals surface area contributed by atoms with E-state index in [-0.39, 0.29) is 18.1 Å². The number of amides is 1. The van der Waals surface area contributed by atoms with Crippen molar-refractivity contribution in [1.29, 1.82) is 0 Å². The highest BCUT2D eigenvalue weighted by Crippen LogP contribution is 2.20. The lowest BCUT2D eigenvalue weighted by Gasteiger charge is -2.34. The molecule has 1 fully saturated rings. The van der Waals surface area contributed by atoms with E-state index in [1.807, 2.05) is 0 Å². The van der Waals surface area contributed by atoms with Crippen molar-refractivity contribution >= 4 is 11.9 Å². The van der Waals surface area contributed by atoms with Gasteiger partial charge in [0.2, 0.25) is 5.91 Å². The van der Waals surface area contributed by atoms with Gasteiger partial charge in [-0.15, -0.1) is 0 Å². The van der Waals surface area contributed by atoms with E-state index >= 15 is 0 Å². The lowest BCUT2D eigenvalue weighted by Crippen LogP contribution is -2.55. The number of piperazine rings is 1. The van der Waals surface area contributed by atoms with E-state index in [2.05, 4.69) is 5.32 Å². The van der Waals surface area contributed by atoms with Gasteiger partial charge in [0.25, 0.3) is 0 Å². The number of hydrogen-bond acceptors (Lipinski definition) is 4. The first-order valence-corrected chi connectivity index (χ1v) is 6.08. The monoisotopic (exact) mass is 264 g/mol. The molecule has 0 saturated carbocycles. The minimum Gasteiger partial charge on any atom is -0.508 e. The molecule has 1 amide bonds. The third-order valence-corrected chi connectivity index (χ3v) is 3.17. The first kappa shape index (κ1) is 13.4. The molecule has 1 aliphatic heterocycles. The Morgan fingerprint density at radius 1 is 1.42 bits per heavy atom. The van der Waals surface area contributed by atoms with Crippen LogP contribution in [0.25, 0.3) is 0 Å². The molecule has 1 atom stereocenters. The summed E-state index contributed by atoms with van der Waals surface area (Å²) in [5.41, 5.74) is 0.688. The van der Waals surface area contributed by atoms with Crippen LogP contribution in [0.3, 0.4) is 0 Å². The summed E-state index contributed by atoms with van der Waals surface area (Å²) in [4.78, 5) is 24.3. The van der Waals surface area contributed by atoms with Gasteiger partial charge in [-0.1, -0.05) is 18.2 Å². The summed E-state index contributed by atoms with van der Waals surface area (Å²) in [6, 6.07) is 6.17. The quantitative estimate of drug-likeness (QED) is 0.721. The number of hydrogen-bond donors (Lipinski definition) is 3. The Bertz CT molecular complexity index is 489. The van der Waals surface area contributed by atoms with E-state index in [0.717, 1.165) is 0 Å². The summed E-state index contributed by atoms with van der Waals surface area (Å²) >= 11 is 0. The minimum absolute atomic E-state index is 0.155. The molecule has 0 aliphatic carbocycles. The van der Waals surface area contributed by atoms with Crippen molar-refractivity contribution in [1.82, 2.24) is 10.2 Å². The Morgan fingerprint density at radius 3 is 2.84 bits per heavy atom. The fourth-order valence-electron chi connectivity index (χ4n) is 2.20. The average molecular weight is 264 g/mol. The molecule has 3 N–H and O–H groups in total. The van der Waals surface area contributed by atoms with E-state index in [0.29, 0.717) is 25.2 Å². The topological polar surface area (TPSA) is 89.9 Å². The second-order valence-electron chi connectivity index (χ2n) is 4.50. The zero-order chi connectivity index (χ0) is 13.8. The average Bonchev–Trinajstić information content (AvgIpc) is 2.36. The maximum absolute atomic E-state index is 11.7. The molecular weight excluding hydrogens is 248 g/mol. The van der Waals surface area contributed by atoms with E-state index in [9.17, 15) is 14.7 Å². The Kier molecular flexibility index (Phi) is 4.01. The van der Waals surface area contributed by atoms with Gasteiger partial charge in [-0.2, -0.15) is 0 Å². The van der Waals surface area contributed by atoms with Gasteiger partial charge in [0.05, 0.1) is 6.42 Å². The fourth-order valence-corrected chi connectivity index (χ4v) is 2.20. The fraction of sp³-hybridized carbons (Fsp3) is 0.385. The molecule has 19 heavy (non-hydrogen) atoms. The van der Waals surface area contributed by atoms with Gasteiger partial charge >= 0.3 is 5.97 Å². The maximum Gasteiger partial charge on any atom is 0.305 e. The van der Waals surface area contributed by atoms with Gasteiger partial charge in [-0.3, -0.25) is 14.5 Å². The Morgan fingerprint density at radius 2 is 2.16 bits per heavy atom. The summed E-state index contributed by atoms with van der Waals surface area (Å²) < 4.78 is 0. The second kappa shape index (κ2) is 5.71. The molecule has 0 bridgehead atoms. The van der Waals surface area contributed by atoms with Crippen molar-refractivity contribution in [3.05, 3.63) is 29.8 Å². The lowest BCUT2D eigenvalue weighted by molar-refractivity contribution is -0.143. The molecule has 0 radical (unpaired) electrons. The number of para-hydroxylation sites is 1. The van der Waals surface area contributed by atoms with Crippen LogP contribution in [-0.2, 0) is 16.1 Å². The van der Waals surface area contributed by atoms with Crippen LogP contribution in [0.4, 0.5) is 0 Å². The SMILES string of the molecule is O=C(O)CC1C(=O)NCCN1Cc1ccccc1O. The van der Waals surface area contributed by atoms with Crippen LogP contribution in [0.2, 0.25) is 0 Å². The predicted molar refractivity (Wildman–Crippen MR) is 67.6 cm³/mol. The number of aliphatic carboxylic acids is 1. The molecule has 0 spiro atoms. The number of aromatic hydroxyl groups is 1. The number of carboxylic acids is 1. The number of nitrogens with one attached hydrogen (secondary N) is 1. The number of phenols is 1. The van der Waals surface area contributed by atoms with Gasteiger partial charge in [-0.05, 0) is 6.07 Å². The molecule has 0 aromatic heterocycles. The van der Waals surface area contributed by atoms with Gasteiger partial charge in [0.1, 0.15) is 11.8 Å². The molecule has 1 saturated heterocycles. The Hall–Kier alpha value is -2.08. The van der Waals surface area contributed by atoms with Gasteiger partial charge in [-0.25, -0.2) is 0 Å². The van der Waals surface area contributed by atoms with Crippen LogP contribution in [0.5, 0.6) is 5.75 Å². The number of carboxylic acid groups (broad SMARTS) is 1. The summed E-state index contributed by atoms with van der Waals surface area (Å²) in [5, 5.41) is 21.3. The van der Waals surface area contributed by atoms with Crippen molar-refractivity contribution in [2.75, 3.05) is 13.1 Å². The van der Waals surface area contributed by atoms with Crippen LogP contribution < -0.4 is 5.32 Å². The molecule has 6 nitrogen and oxygen atoms in total. The first-order valence-electron chi connectivity index (χ1n) is 6.08. The number of benzene rings is 1. The zero-order valence-electron chi connectivity index (χ0n) is 10.4. The van der Waals surface area contributed by atoms with Crippen LogP contribution >= 0.6 is 0 Å². The van der Waals surface area contributed by atoms with Gasteiger partial charge in [0.15, 0.2) is 0 Å². The third-order valence-electron chi connectivity index (χ3n) is 3.17. The summed E-state index contributed by atoms with van der Waals surface area (Å²) in [6.07, 6.45) is -0.237. The number of rotatable bonds is 4. The largest absolute Gasteiger partial charge is 0.508 e. The van der Waals surface area contributed by atoms with E-state index in [1.165, 1.54) is 0 Å². The van der Waals surface area contributed by atoms with Gasteiger partial charge in [0, 0.05) is 25.2 Å². The molecule has 2 rings (SSSR count). The number of nitrogens with zero attached hydrogens (tertiary/aromatic N) is 1. The van der Waals surface area contributed by atoms with E-state index < -0.39 is 12.0 Å². The highest BCUT2D eigenvalue weighted by atomic mass is 16.4. The van der Waals surface area contributed by atoms with Crippen LogP contribution in [0, 0.1) is 0 Å². The minimum atomic E-state index is -1.01. The van der Waals surface area contributed by atoms with E-state index in [1.54, 1.807) is 29.2 Å². The van der Waals surface area contributed by atoms with Crippen molar-refractivity contribution in [2.24, 2.45) is 0 Å². The molecule has 6 heteroatoms. The molecule has 1 aromatic carbocycles. The normalized spacial score (nSPS) is 20.0. The van der Waals surface area contributed by atoms with E-state index in [4.69, 9.17) is 5.11 Å². The highest BCUT2D eigenvalue weighted by Gasteiger charge is 2.31. The molecule has 1 heterocycles.